The van der Waals surface area contributed by atoms with Gasteiger partial charge in [-0.05, 0) is 60.8 Å². The van der Waals surface area contributed by atoms with E-state index in [9.17, 15) is 5.11 Å². The monoisotopic (exact) mass is 432 g/mol. The number of methoxy groups -OCH3 is 1. The molecule has 5 heteroatoms. The second-order valence-corrected chi connectivity index (χ2v) is 8.42. The van der Waals surface area contributed by atoms with Gasteiger partial charge in [-0.25, -0.2) is 0 Å². The van der Waals surface area contributed by atoms with Gasteiger partial charge in [0.25, 0.3) is 0 Å². The number of fused-ring (bicyclic) bond motifs is 1. The highest BCUT2D eigenvalue weighted by Crippen LogP contribution is 2.30. The van der Waals surface area contributed by atoms with Crippen molar-refractivity contribution in [3.8, 4) is 23.8 Å². The highest BCUT2D eigenvalue weighted by molar-refractivity contribution is 5.85. The molecular weight excluding hydrogens is 400 g/mol. The maximum Gasteiger partial charge on any atom is 0.120 e. The van der Waals surface area contributed by atoms with Crippen LogP contribution in [0.3, 0.4) is 0 Å². The summed E-state index contributed by atoms with van der Waals surface area (Å²) in [6.07, 6.45) is 11.6. The summed E-state index contributed by atoms with van der Waals surface area (Å²) in [7, 11) is 1.69. The smallest absolute Gasteiger partial charge is 0.120 e. The molecule has 1 aromatic heterocycles. The van der Waals surface area contributed by atoms with E-state index in [1.165, 1.54) is 34.9 Å². The molecule has 0 amide bonds. The molecule has 4 rings (SSSR count). The second kappa shape index (κ2) is 10.6. The molecule has 1 unspecified atom stereocenters. The third kappa shape index (κ3) is 5.09. The zero-order chi connectivity index (χ0) is 22.3. The van der Waals surface area contributed by atoms with Gasteiger partial charge in [0, 0.05) is 42.7 Å². The van der Waals surface area contributed by atoms with Crippen molar-refractivity contribution in [2.45, 2.75) is 44.8 Å². The highest BCUT2D eigenvalue weighted by Gasteiger charge is 2.23. The van der Waals surface area contributed by atoms with Crippen LogP contribution in [0.25, 0.3) is 10.9 Å². The summed E-state index contributed by atoms with van der Waals surface area (Å²) in [4.78, 5) is 2.42. The van der Waals surface area contributed by atoms with Gasteiger partial charge in [0.1, 0.15) is 11.5 Å². The first-order chi connectivity index (χ1) is 15.7. The SMILES string of the molecule is C#CCCOc1ccc2c(c1)c(CN1CCCCC1CO)cn2Cc1cccc(OC)c1. The van der Waals surface area contributed by atoms with Crippen LogP contribution in [0.1, 0.15) is 36.8 Å². The fourth-order valence-corrected chi connectivity index (χ4v) is 4.59. The van der Waals surface area contributed by atoms with Gasteiger partial charge >= 0.3 is 0 Å². The lowest BCUT2D eigenvalue weighted by Gasteiger charge is -2.34. The van der Waals surface area contributed by atoms with E-state index >= 15 is 0 Å². The van der Waals surface area contributed by atoms with Crippen LogP contribution in [0, 0.1) is 12.3 Å². The van der Waals surface area contributed by atoms with Crippen LogP contribution >= 0.6 is 0 Å². The number of piperidine rings is 1. The Hall–Kier alpha value is -2.94. The number of aromatic nitrogens is 1. The van der Waals surface area contributed by atoms with Crippen molar-refractivity contribution in [3.05, 3.63) is 59.8 Å². The minimum atomic E-state index is 0.211. The Labute approximate surface area is 190 Å². The van der Waals surface area contributed by atoms with Gasteiger partial charge < -0.3 is 19.1 Å². The molecule has 0 bridgehead atoms. The minimum Gasteiger partial charge on any atom is -0.497 e. The van der Waals surface area contributed by atoms with E-state index < -0.39 is 0 Å². The van der Waals surface area contributed by atoms with Crippen molar-refractivity contribution in [2.75, 3.05) is 26.9 Å². The summed E-state index contributed by atoms with van der Waals surface area (Å²) in [5.41, 5.74) is 3.61. The first-order valence-corrected chi connectivity index (χ1v) is 11.4. The minimum absolute atomic E-state index is 0.211. The molecule has 5 nitrogen and oxygen atoms in total. The Bertz CT molecular complexity index is 1080. The largest absolute Gasteiger partial charge is 0.497 e. The molecule has 3 aromatic rings. The normalized spacial score (nSPS) is 16.7. The second-order valence-electron chi connectivity index (χ2n) is 8.42. The molecule has 32 heavy (non-hydrogen) atoms. The summed E-state index contributed by atoms with van der Waals surface area (Å²) >= 11 is 0. The lowest BCUT2D eigenvalue weighted by Crippen LogP contribution is -2.41. The molecule has 0 aliphatic carbocycles. The number of rotatable bonds is 9. The van der Waals surface area contributed by atoms with Crippen molar-refractivity contribution in [1.29, 1.82) is 0 Å². The first kappa shape index (κ1) is 22.3. The summed E-state index contributed by atoms with van der Waals surface area (Å²) < 4.78 is 13.6. The fourth-order valence-electron chi connectivity index (χ4n) is 4.59. The molecule has 1 N–H and O–H groups in total. The number of nitrogens with zero attached hydrogens (tertiary/aromatic N) is 2. The fraction of sp³-hybridized carbons (Fsp3) is 0.407. The third-order valence-corrected chi connectivity index (χ3v) is 6.27. The molecule has 2 aromatic carbocycles. The Morgan fingerprint density at radius 3 is 2.84 bits per heavy atom. The molecule has 1 saturated heterocycles. The predicted molar refractivity (Wildman–Crippen MR) is 128 cm³/mol. The van der Waals surface area contributed by atoms with E-state index in [1.807, 2.05) is 18.2 Å². The molecule has 0 saturated carbocycles. The van der Waals surface area contributed by atoms with Gasteiger partial charge in [-0.2, -0.15) is 0 Å². The Kier molecular flexibility index (Phi) is 7.36. The quantitative estimate of drug-likeness (QED) is 0.401. The number of aliphatic hydroxyl groups is 1. The topological polar surface area (TPSA) is 46.9 Å². The number of likely N-dealkylation sites (tertiary alicyclic amines) is 1. The summed E-state index contributed by atoms with van der Waals surface area (Å²) in [5.74, 6) is 4.32. The summed E-state index contributed by atoms with van der Waals surface area (Å²) in [6.45, 7) is 3.32. The maximum atomic E-state index is 9.87. The van der Waals surface area contributed by atoms with Gasteiger partial charge in [0.15, 0.2) is 0 Å². The average Bonchev–Trinajstić information content (AvgIpc) is 3.16. The maximum absolute atomic E-state index is 9.87. The number of benzene rings is 2. The standard InChI is InChI=1S/C27H32N2O3/c1-3-4-14-32-25-11-12-27-26(16-25)22(18-28-13-6-5-9-23(28)20-30)19-29(27)17-21-8-7-10-24(15-21)31-2/h1,7-8,10-12,15-16,19,23,30H,4-6,9,13-14,17-18,20H2,2H3. The van der Waals surface area contributed by atoms with E-state index in [2.05, 4.69) is 45.8 Å². The van der Waals surface area contributed by atoms with Crippen LogP contribution in [0.5, 0.6) is 11.5 Å². The molecule has 1 atom stereocenters. The Balaban J connectivity index is 1.67. The van der Waals surface area contributed by atoms with E-state index in [0.29, 0.717) is 13.0 Å². The van der Waals surface area contributed by atoms with Crippen molar-refractivity contribution < 1.29 is 14.6 Å². The molecule has 1 aliphatic heterocycles. The summed E-state index contributed by atoms with van der Waals surface area (Å²) in [6, 6.07) is 14.7. The average molecular weight is 433 g/mol. The van der Waals surface area contributed by atoms with Crippen molar-refractivity contribution in [2.24, 2.45) is 0 Å². The zero-order valence-electron chi connectivity index (χ0n) is 18.8. The van der Waals surface area contributed by atoms with Crippen LogP contribution in [-0.4, -0.2) is 47.5 Å². The van der Waals surface area contributed by atoms with E-state index in [-0.39, 0.29) is 12.6 Å². The molecule has 0 radical (unpaired) electrons. The highest BCUT2D eigenvalue weighted by atomic mass is 16.5. The molecule has 1 fully saturated rings. The number of ether oxygens (including phenoxy) is 2. The lowest BCUT2D eigenvalue weighted by atomic mass is 10.0. The van der Waals surface area contributed by atoms with Crippen LogP contribution in [0.4, 0.5) is 0 Å². The molecule has 2 heterocycles. The van der Waals surface area contributed by atoms with Crippen LogP contribution in [-0.2, 0) is 13.1 Å². The first-order valence-electron chi connectivity index (χ1n) is 11.4. The van der Waals surface area contributed by atoms with Gasteiger partial charge in [-0.15, -0.1) is 12.3 Å². The summed E-state index contributed by atoms with van der Waals surface area (Å²) in [5, 5.41) is 11.1. The van der Waals surface area contributed by atoms with Crippen molar-refractivity contribution >= 4 is 10.9 Å². The lowest BCUT2D eigenvalue weighted by molar-refractivity contribution is 0.0844. The Morgan fingerprint density at radius 1 is 1.12 bits per heavy atom. The predicted octanol–water partition coefficient (Wildman–Crippen LogP) is 4.45. The zero-order valence-corrected chi connectivity index (χ0v) is 18.8. The molecule has 1 aliphatic rings. The van der Waals surface area contributed by atoms with E-state index in [4.69, 9.17) is 15.9 Å². The number of aliphatic hydroxyl groups excluding tert-OH is 1. The number of terminal acetylenes is 1. The van der Waals surface area contributed by atoms with Gasteiger partial charge in [0.2, 0.25) is 0 Å². The van der Waals surface area contributed by atoms with Gasteiger partial charge in [-0.3, -0.25) is 4.90 Å². The number of hydrogen-bond donors (Lipinski definition) is 1. The van der Waals surface area contributed by atoms with Gasteiger partial charge in [0.05, 0.1) is 20.3 Å². The molecule has 0 spiro atoms. The van der Waals surface area contributed by atoms with E-state index in [1.54, 1.807) is 7.11 Å². The Morgan fingerprint density at radius 2 is 2.03 bits per heavy atom. The number of hydrogen-bond acceptors (Lipinski definition) is 4. The van der Waals surface area contributed by atoms with Crippen LogP contribution < -0.4 is 9.47 Å². The van der Waals surface area contributed by atoms with Crippen molar-refractivity contribution in [3.63, 3.8) is 0 Å². The van der Waals surface area contributed by atoms with Gasteiger partial charge in [-0.1, -0.05) is 18.6 Å². The molecule has 168 valence electrons. The molecular formula is C27H32N2O3. The van der Waals surface area contributed by atoms with Crippen LogP contribution in [0.2, 0.25) is 0 Å². The van der Waals surface area contributed by atoms with E-state index in [0.717, 1.165) is 37.6 Å². The van der Waals surface area contributed by atoms with Crippen LogP contribution in [0.15, 0.2) is 48.7 Å². The van der Waals surface area contributed by atoms with Crippen molar-refractivity contribution in [1.82, 2.24) is 9.47 Å². The third-order valence-electron chi connectivity index (χ3n) is 6.27.